The zero-order valence-electron chi connectivity index (χ0n) is 15.9. The van der Waals surface area contributed by atoms with Crippen molar-refractivity contribution in [3.05, 3.63) is 41.2 Å². The second-order valence-corrected chi connectivity index (χ2v) is 7.41. The number of para-hydroxylation sites is 2. The van der Waals surface area contributed by atoms with Gasteiger partial charge in [0.25, 0.3) is 5.91 Å². The van der Waals surface area contributed by atoms with Crippen LogP contribution in [0.5, 0.6) is 5.75 Å². The first-order chi connectivity index (χ1) is 13.5. The molecule has 0 atom stereocenters. The maximum Gasteiger partial charge on any atom is 0.269 e. The summed E-state index contributed by atoms with van der Waals surface area (Å²) >= 11 is 0. The first kappa shape index (κ1) is 18.5. The van der Waals surface area contributed by atoms with Gasteiger partial charge >= 0.3 is 0 Å². The van der Waals surface area contributed by atoms with Crippen LogP contribution in [-0.4, -0.2) is 41.3 Å². The van der Waals surface area contributed by atoms with Gasteiger partial charge in [-0.05, 0) is 31.4 Å². The van der Waals surface area contributed by atoms with Gasteiger partial charge in [-0.15, -0.1) is 0 Å². The van der Waals surface area contributed by atoms with E-state index in [1.807, 2.05) is 24.3 Å². The molecule has 1 aromatic carbocycles. The lowest BCUT2D eigenvalue weighted by atomic mass is 9.74. The van der Waals surface area contributed by atoms with Crippen molar-refractivity contribution < 1.29 is 19.1 Å². The van der Waals surface area contributed by atoms with Crippen LogP contribution >= 0.6 is 0 Å². The predicted molar refractivity (Wildman–Crippen MR) is 102 cm³/mol. The van der Waals surface area contributed by atoms with Gasteiger partial charge in [0.2, 0.25) is 5.91 Å². The van der Waals surface area contributed by atoms with Crippen LogP contribution in [0.1, 0.15) is 47.4 Å². The molecule has 148 valence electrons. The lowest BCUT2D eigenvalue weighted by molar-refractivity contribution is -0.119. The number of aromatic nitrogens is 2. The van der Waals surface area contributed by atoms with Crippen molar-refractivity contribution in [3.8, 4) is 5.75 Å². The van der Waals surface area contributed by atoms with Crippen molar-refractivity contribution in [1.29, 1.82) is 0 Å². The lowest BCUT2D eigenvalue weighted by Crippen LogP contribution is -2.45. The summed E-state index contributed by atoms with van der Waals surface area (Å²) in [5, 5.41) is 6.76. The number of amides is 2. The number of carbonyl (C=O) groups is 2. The SMILES string of the molecule is CN1C(=O)CCOc2ccccc21.NC(=O)c1n[nH]c2c1CC1(CCC1)OC2. The number of carbonyl (C=O) groups excluding carboxylic acids is 2. The quantitative estimate of drug-likeness (QED) is 0.781. The molecule has 0 saturated heterocycles. The smallest absolute Gasteiger partial charge is 0.269 e. The zero-order chi connectivity index (χ0) is 19.7. The van der Waals surface area contributed by atoms with E-state index < -0.39 is 5.91 Å². The van der Waals surface area contributed by atoms with Crippen LogP contribution in [0, 0.1) is 0 Å². The van der Waals surface area contributed by atoms with Crippen molar-refractivity contribution in [2.24, 2.45) is 5.73 Å². The lowest BCUT2D eigenvalue weighted by Gasteiger charge is -2.44. The molecule has 0 radical (unpaired) electrons. The third-order valence-electron chi connectivity index (χ3n) is 5.65. The van der Waals surface area contributed by atoms with E-state index in [0.717, 1.165) is 42.0 Å². The van der Waals surface area contributed by atoms with Crippen molar-refractivity contribution in [2.75, 3.05) is 18.6 Å². The number of benzene rings is 1. The second kappa shape index (κ2) is 7.27. The molecule has 1 aromatic heterocycles. The van der Waals surface area contributed by atoms with Gasteiger partial charge in [0.15, 0.2) is 5.69 Å². The Labute approximate surface area is 163 Å². The molecule has 1 spiro atoms. The summed E-state index contributed by atoms with van der Waals surface area (Å²) < 4.78 is 11.2. The largest absolute Gasteiger partial charge is 0.491 e. The number of hydrogen-bond donors (Lipinski definition) is 2. The number of nitrogens with one attached hydrogen (secondary N) is 1. The molecule has 1 fully saturated rings. The van der Waals surface area contributed by atoms with Crippen LogP contribution in [0.3, 0.4) is 0 Å². The monoisotopic (exact) mass is 384 g/mol. The van der Waals surface area contributed by atoms with Crippen molar-refractivity contribution in [2.45, 2.75) is 44.3 Å². The summed E-state index contributed by atoms with van der Waals surface area (Å²) in [4.78, 5) is 24.2. The highest BCUT2D eigenvalue weighted by atomic mass is 16.5. The van der Waals surface area contributed by atoms with Gasteiger partial charge in [0.05, 0.1) is 36.6 Å². The molecule has 2 amide bonds. The van der Waals surface area contributed by atoms with Crippen LogP contribution in [-0.2, 0) is 22.6 Å². The van der Waals surface area contributed by atoms with E-state index in [1.54, 1.807) is 11.9 Å². The van der Waals surface area contributed by atoms with Gasteiger partial charge in [-0.2, -0.15) is 5.10 Å². The van der Waals surface area contributed by atoms with Crippen molar-refractivity contribution in [3.63, 3.8) is 0 Å². The topological polar surface area (TPSA) is 111 Å². The number of rotatable bonds is 1. The molecule has 1 aliphatic carbocycles. The molecular formula is C20H24N4O4. The molecular weight excluding hydrogens is 360 g/mol. The maximum absolute atomic E-state index is 11.4. The number of H-pyrrole nitrogens is 1. The Balaban J connectivity index is 0.000000139. The Morgan fingerprint density at radius 3 is 2.82 bits per heavy atom. The van der Waals surface area contributed by atoms with E-state index in [2.05, 4.69) is 10.2 Å². The number of nitrogens with zero attached hydrogens (tertiary/aromatic N) is 2. The van der Waals surface area contributed by atoms with Crippen LogP contribution in [0.15, 0.2) is 24.3 Å². The Hall–Kier alpha value is -2.87. The van der Waals surface area contributed by atoms with Gasteiger partial charge < -0.3 is 20.1 Å². The molecule has 3 heterocycles. The molecule has 2 aliphatic heterocycles. The van der Waals surface area contributed by atoms with Crippen molar-refractivity contribution in [1.82, 2.24) is 10.2 Å². The summed E-state index contributed by atoms with van der Waals surface area (Å²) in [6, 6.07) is 7.57. The van der Waals surface area contributed by atoms with Crippen LogP contribution in [0.2, 0.25) is 0 Å². The number of fused-ring (bicyclic) bond motifs is 2. The fourth-order valence-electron chi connectivity index (χ4n) is 3.81. The first-order valence-corrected chi connectivity index (χ1v) is 9.47. The molecule has 3 N–H and O–H groups in total. The fraction of sp³-hybridized carbons (Fsp3) is 0.450. The number of anilines is 1. The van der Waals surface area contributed by atoms with E-state index in [1.165, 1.54) is 6.42 Å². The number of aromatic amines is 1. The van der Waals surface area contributed by atoms with Gasteiger partial charge in [0.1, 0.15) is 5.75 Å². The molecule has 2 aromatic rings. The minimum Gasteiger partial charge on any atom is -0.491 e. The first-order valence-electron chi connectivity index (χ1n) is 9.47. The third-order valence-corrected chi connectivity index (χ3v) is 5.65. The Kier molecular flexibility index (Phi) is 4.80. The van der Waals surface area contributed by atoms with E-state index in [4.69, 9.17) is 15.2 Å². The van der Waals surface area contributed by atoms with E-state index >= 15 is 0 Å². The highest BCUT2D eigenvalue weighted by molar-refractivity contribution is 5.95. The highest BCUT2D eigenvalue weighted by Gasteiger charge is 2.43. The molecule has 5 rings (SSSR count). The van der Waals surface area contributed by atoms with Crippen molar-refractivity contribution >= 4 is 17.5 Å². The van der Waals surface area contributed by atoms with Crippen LogP contribution < -0.4 is 15.4 Å². The number of ether oxygens (including phenoxy) is 2. The number of nitrogens with two attached hydrogens (primary N) is 1. The average Bonchev–Trinajstić information content (AvgIpc) is 3.04. The number of hydrogen-bond acceptors (Lipinski definition) is 5. The van der Waals surface area contributed by atoms with Crippen LogP contribution in [0.4, 0.5) is 5.69 Å². The molecule has 8 nitrogen and oxygen atoms in total. The molecule has 0 bridgehead atoms. The minimum atomic E-state index is -0.455. The standard InChI is InChI=1S/C10H13N3O2.C10H11NO2/c11-9(14)8-6-4-10(2-1-3-10)15-5-7(6)12-13-8;1-11-8-4-2-3-5-9(8)13-7-6-10(11)12/h1-5H2,(H2,11,14)(H,12,13);2-5H,6-7H2,1H3. The van der Waals surface area contributed by atoms with Gasteiger partial charge in [-0.25, -0.2) is 0 Å². The average molecular weight is 384 g/mol. The van der Waals surface area contributed by atoms with Crippen LogP contribution in [0.25, 0.3) is 0 Å². The number of primary amides is 1. The Bertz CT molecular complexity index is 903. The summed E-state index contributed by atoms with van der Waals surface area (Å²) in [5.74, 6) is 0.435. The highest BCUT2D eigenvalue weighted by Crippen LogP contribution is 2.42. The van der Waals surface area contributed by atoms with E-state index in [-0.39, 0.29) is 11.5 Å². The molecule has 3 aliphatic rings. The van der Waals surface area contributed by atoms with Gasteiger partial charge in [-0.3, -0.25) is 14.7 Å². The summed E-state index contributed by atoms with van der Waals surface area (Å²) in [5.41, 5.74) is 8.35. The fourth-order valence-corrected chi connectivity index (χ4v) is 3.81. The second-order valence-electron chi connectivity index (χ2n) is 7.41. The molecule has 1 saturated carbocycles. The maximum atomic E-state index is 11.4. The Morgan fingerprint density at radius 1 is 1.32 bits per heavy atom. The van der Waals surface area contributed by atoms with E-state index in [9.17, 15) is 9.59 Å². The summed E-state index contributed by atoms with van der Waals surface area (Å²) in [7, 11) is 1.77. The Morgan fingerprint density at radius 2 is 2.11 bits per heavy atom. The third kappa shape index (κ3) is 3.35. The summed E-state index contributed by atoms with van der Waals surface area (Å²) in [6.45, 7) is 0.996. The molecule has 0 unspecified atom stereocenters. The molecule has 28 heavy (non-hydrogen) atoms. The zero-order valence-corrected chi connectivity index (χ0v) is 15.9. The van der Waals surface area contributed by atoms with Gasteiger partial charge in [0, 0.05) is 19.0 Å². The normalized spacial score (nSPS) is 19.3. The molecule has 8 heteroatoms. The van der Waals surface area contributed by atoms with E-state index in [0.29, 0.717) is 25.3 Å². The predicted octanol–water partition coefficient (Wildman–Crippen LogP) is 1.94. The van der Waals surface area contributed by atoms with Gasteiger partial charge in [-0.1, -0.05) is 12.1 Å². The summed E-state index contributed by atoms with van der Waals surface area (Å²) in [6.07, 6.45) is 4.59. The minimum absolute atomic E-state index is 0.0267.